The van der Waals surface area contributed by atoms with Crippen LogP contribution in [0.15, 0.2) is 24.3 Å². The number of hydrogen-bond donors (Lipinski definition) is 1. The Balaban J connectivity index is 1.22. The van der Waals surface area contributed by atoms with Gasteiger partial charge in [-0.15, -0.1) is 0 Å². The Morgan fingerprint density at radius 1 is 1.12 bits per heavy atom. The zero-order valence-electron chi connectivity index (χ0n) is 13.9. The number of nitrogens with zero attached hydrogens (tertiary/aromatic N) is 2. The van der Waals surface area contributed by atoms with E-state index in [-0.39, 0.29) is 6.10 Å². The van der Waals surface area contributed by atoms with Crippen LogP contribution in [0.4, 0.5) is 0 Å². The zero-order valence-corrected chi connectivity index (χ0v) is 14.8. The number of piperidine rings is 1. The van der Waals surface area contributed by atoms with Crippen molar-refractivity contribution in [3.8, 4) is 11.5 Å². The number of likely N-dealkylation sites (tertiary alicyclic amines) is 1. The van der Waals surface area contributed by atoms with Gasteiger partial charge >= 0.3 is 0 Å². The van der Waals surface area contributed by atoms with Gasteiger partial charge < -0.3 is 24.6 Å². The van der Waals surface area contributed by atoms with Crippen molar-refractivity contribution in [1.29, 1.82) is 0 Å². The van der Waals surface area contributed by atoms with E-state index in [1.165, 1.54) is 12.8 Å². The number of rotatable bonds is 4. The van der Waals surface area contributed by atoms with Gasteiger partial charge in [0, 0.05) is 45.2 Å². The van der Waals surface area contributed by atoms with Gasteiger partial charge in [0.25, 0.3) is 0 Å². The highest BCUT2D eigenvalue weighted by Gasteiger charge is 2.29. The molecule has 130 valence electrons. The lowest BCUT2D eigenvalue weighted by Gasteiger charge is -2.37. The molecule has 3 aliphatic rings. The highest BCUT2D eigenvalue weighted by molar-refractivity contribution is 7.80. The normalized spacial score (nSPS) is 24.9. The molecule has 0 aromatic heterocycles. The molecule has 5 nitrogen and oxygen atoms in total. The zero-order chi connectivity index (χ0) is 16.4. The van der Waals surface area contributed by atoms with Crippen LogP contribution in [0.3, 0.4) is 0 Å². The van der Waals surface area contributed by atoms with Gasteiger partial charge in [-0.2, -0.15) is 0 Å². The summed E-state index contributed by atoms with van der Waals surface area (Å²) < 4.78 is 11.9. The minimum absolute atomic E-state index is 0.160. The fourth-order valence-corrected chi connectivity index (χ4v) is 4.16. The summed E-state index contributed by atoms with van der Waals surface area (Å²) in [6.07, 6.45) is 3.58. The second kappa shape index (κ2) is 7.15. The summed E-state index contributed by atoms with van der Waals surface area (Å²) in [4.78, 5) is 4.93. The Morgan fingerprint density at radius 3 is 2.67 bits per heavy atom. The largest absolute Gasteiger partial charge is 0.486 e. The van der Waals surface area contributed by atoms with E-state index in [1.54, 1.807) is 0 Å². The molecule has 2 fully saturated rings. The molecular formula is C18H25N3O2S. The van der Waals surface area contributed by atoms with E-state index in [2.05, 4.69) is 15.1 Å². The molecule has 0 bridgehead atoms. The lowest BCUT2D eigenvalue weighted by atomic mass is 10.0. The maximum absolute atomic E-state index is 6.05. The first-order valence-corrected chi connectivity index (χ1v) is 9.36. The standard InChI is InChI=1S/C18H25N3O2S/c24-18-19-8-12-21(18)14-5-9-20(10-6-14)11-7-15-13-22-16-3-1-2-4-17(16)23-15/h1-4,14-15H,5-13H2,(H,19,24). The molecule has 6 heteroatoms. The third-order valence-corrected chi connectivity index (χ3v) is 5.60. The molecule has 2 saturated heterocycles. The van der Waals surface area contributed by atoms with Gasteiger partial charge in [-0.25, -0.2) is 0 Å². The minimum Gasteiger partial charge on any atom is -0.486 e. The highest BCUT2D eigenvalue weighted by atomic mass is 32.1. The van der Waals surface area contributed by atoms with Crippen LogP contribution in [0.1, 0.15) is 19.3 Å². The Hall–Kier alpha value is -1.53. The molecule has 1 unspecified atom stereocenters. The highest BCUT2D eigenvalue weighted by Crippen LogP contribution is 2.31. The van der Waals surface area contributed by atoms with Gasteiger partial charge in [-0.1, -0.05) is 12.1 Å². The molecule has 1 aromatic rings. The van der Waals surface area contributed by atoms with Crippen LogP contribution in [-0.4, -0.2) is 66.4 Å². The summed E-state index contributed by atoms with van der Waals surface area (Å²) in [7, 11) is 0. The number of benzene rings is 1. The van der Waals surface area contributed by atoms with Crippen molar-refractivity contribution in [2.45, 2.75) is 31.4 Å². The summed E-state index contributed by atoms with van der Waals surface area (Å²) in [5.74, 6) is 1.74. The van der Waals surface area contributed by atoms with Gasteiger partial charge in [0.1, 0.15) is 12.7 Å². The average molecular weight is 347 g/mol. The smallest absolute Gasteiger partial charge is 0.169 e. The summed E-state index contributed by atoms with van der Waals surface area (Å²) in [6.45, 7) is 6.09. The molecule has 0 radical (unpaired) electrons. The second-order valence-electron chi connectivity index (χ2n) is 6.78. The van der Waals surface area contributed by atoms with Gasteiger partial charge in [0.2, 0.25) is 0 Å². The molecule has 1 atom stereocenters. The van der Waals surface area contributed by atoms with Crippen molar-refractivity contribution in [2.75, 3.05) is 39.3 Å². The Kier molecular flexibility index (Phi) is 4.76. The molecular weight excluding hydrogens is 322 g/mol. The van der Waals surface area contributed by atoms with Crippen LogP contribution in [0.5, 0.6) is 11.5 Å². The van der Waals surface area contributed by atoms with Crippen molar-refractivity contribution in [3.05, 3.63) is 24.3 Å². The van der Waals surface area contributed by atoms with Gasteiger partial charge in [0.05, 0.1) is 0 Å². The molecule has 1 aromatic carbocycles. The van der Waals surface area contributed by atoms with Crippen molar-refractivity contribution < 1.29 is 9.47 Å². The molecule has 3 aliphatic heterocycles. The molecule has 1 N–H and O–H groups in total. The van der Waals surface area contributed by atoms with Crippen LogP contribution in [-0.2, 0) is 0 Å². The van der Waals surface area contributed by atoms with E-state index in [4.69, 9.17) is 21.7 Å². The van der Waals surface area contributed by atoms with E-state index in [9.17, 15) is 0 Å². The Labute approximate surface area is 148 Å². The predicted octanol–water partition coefficient (Wildman–Crippen LogP) is 1.87. The minimum atomic E-state index is 0.160. The number of hydrogen-bond acceptors (Lipinski definition) is 4. The monoisotopic (exact) mass is 347 g/mol. The predicted molar refractivity (Wildman–Crippen MR) is 97.7 cm³/mol. The van der Waals surface area contributed by atoms with E-state index in [0.29, 0.717) is 12.6 Å². The topological polar surface area (TPSA) is 37.0 Å². The van der Waals surface area contributed by atoms with Crippen LogP contribution in [0, 0.1) is 0 Å². The summed E-state index contributed by atoms with van der Waals surface area (Å²) >= 11 is 5.39. The van der Waals surface area contributed by atoms with E-state index < -0.39 is 0 Å². The van der Waals surface area contributed by atoms with Crippen LogP contribution < -0.4 is 14.8 Å². The van der Waals surface area contributed by atoms with Crippen LogP contribution in [0.2, 0.25) is 0 Å². The lowest BCUT2D eigenvalue weighted by Crippen LogP contribution is -2.46. The molecule has 4 rings (SSSR count). The summed E-state index contributed by atoms with van der Waals surface area (Å²) in [6, 6.07) is 8.54. The molecule has 0 spiro atoms. The fraction of sp³-hybridized carbons (Fsp3) is 0.611. The van der Waals surface area contributed by atoms with Crippen molar-refractivity contribution >= 4 is 17.3 Å². The van der Waals surface area contributed by atoms with Crippen LogP contribution in [0.25, 0.3) is 0 Å². The van der Waals surface area contributed by atoms with Crippen molar-refractivity contribution in [1.82, 2.24) is 15.1 Å². The van der Waals surface area contributed by atoms with Gasteiger partial charge in [-0.3, -0.25) is 0 Å². The summed E-state index contributed by atoms with van der Waals surface area (Å²) in [5.41, 5.74) is 0. The molecule has 24 heavy (non-hydrogen) atoms. The summed E-state index contributed by atoms with van der Waals surface area (Å²) in [5, 5.41) is 4.21. The number of nitrogens with one attached hydrogen (secondary N) is 1. The maximum atomic E-state index is 6.05. The molecule has 0 saturated carbocycles. The van der Waals surface area contributed by atoms with Gasteiger partial charge in [-0.05, 0) is 37.2 Å². The lowest BCUT2D eigenvalue weighted by molar-refractivity contribution is 0.0689. The third kappa shape index (κ3) is 3.44. The molecule has 0 aliphatic carbocycles. The number of para-hydroxylation sites is 2. The second-order valence-corrected chi connectivity index (χ2v) is 7.17. The number of fused-ring (bicyclic) bond motifs is 1. The molecule has 0 amide bonds. The number of thiocarbonyl (C=S) groups is 1. The third-order valence-electron chi connectivity index (χ3n) is 5.22. The SMILES string of the molecule is S=C1NCCN1C1CCN(CCC2COc3ccccc3O2)CC1. The Bertz CT molecular complexity index is 589. The first kappa shape index (κ1) is 16.0. The van der Waals surface area contributed by atoms with Crippen molar-refractivity contribution in [2.24, 2.45) is 0 Å². The molecule has 3 heterocycles. The van der Waals surface area contributed by atoms with E-state index in [1.807, 2.05) is 24.3 Å². The van der Waals surface area contributed by atoms with Crippen LogP contribution >= 0.6 is 12.2 Å². The Morgan fingerprint density at radius 2 is 1.92 bits per heavy atom. The van der Waals surface area contributed by atoms with E-state index in [0.717, 1.165) is 55.8 Å². The maximum Gasteiger partial charge on any atom is 0.169 e. The first-order chi connectivity index (χ1) is 11.8. The fourth-order valence-electron chi connectivity index (χ4n) is 3.82. The van der Waals surface area contributed by atoms with Crippen molar-refractivity contribution in [3.63, 3.8) is 0 Å². The van der Waals surface area contributed by atoms with Gasteiger partial charge in [0.15, 0.2) is 16.6 Å². The van der Waals surface area contributed by atoms with E-state index >= 15 is 0 Å². The number of ether oxygens (including phenoxy) is 2. The average Bonchev–Trinajstić information content (AvgIpc) is 3.06. The quantitative estimate of drug-likeness (QED) is 0.838. The first-order valence-electron chi connectivity index (χ1n) is 8.95.